The standard InChI is InChI=1S/C11H13ClN2O3/c1-6(11(16)17)7-4-14(5-7)10(15)9-2-8(12)3-13-9/h2-3,6-7,13H,4-5H2,1H3,(H,16,17). The molecule has 1 fully saturated rings. The Morgan fingerprint density at radius 2 is 2.24 bits per heavy atom. The molecule has 1 aromatic heterocycles. The average Bonchev–Trinajstić information content (AvgIpc) is 2.62. The quantitative estimate of drug-likeness (QED) is 0.860. The van der Waals surface area contributed by atoms with Crippen LogP contribution in [0.2, 0.25) is 5.02 Å². The van der Waals surface area contributed by atoms with Crippen molar-refractivity contribution in [1.82, 2.24) is 9.88 Å². The van der Waals surface area contributed by atoms with Crippen molar-refractivity contribution in [3.05, 3.63) is 23.0 Å². The van der Waals surface area contributed by atoms with Gasteiger partial charge in [0.25, 0.3) is 5.91 Å². The average molecular weight is 257 g/mol. The van der Waals surface area contributed by atoms with Gasteiger partial charge >= 0.3 is 5.97 Å². The first-order valence-electron chi connectivity index (χ1n) is 5.35. The number of hydrogen-bond donors (Lipinski definition) is 2. The summed E-state index contributed by atoms with van der Waals surface area (Å²) in [6, 6.07) is 1.57. The van der Waals surface area contributed by atoms with Gasteiger partial charge in [-0.2, -0.15) is 0 Å². The number of nitrogens with one attached hydrogen (secondary N) is 1. The van der Waals surface area contributed by atoms with Crippen molar-refractivity contribution in [1.29, 1.82) is 0 Å². The van der Waals surface area contributed by atoms with Crippen molar-refractivity contribution in [2.45, 2.75) is 6.92 Å². The summed E-state index contributed by atoms with van der Waals surface area (Å²) < 4.78 is 0. The molecule has 1 saturated heterocycles. The number of aromatic nitrogens is 1. The highest BCUT2D eigenvalue weighted by Crippen LogP contribution is 2.25. The molecule has 1 unspecified atom stereocenters. The molecule has 0 saturated carbocycles. The molecule has 2 rings (SSSR count). The van der Waals surface area contributed by atoms with Gasteiger partial charge in [-0.05, 0) is 6.07 Å². The van der Waals surface area contributed by atoms with Crippen LogP contribution in [-0.2, 0) is 4.79 Å². The molecule has 1 aliphatic rings. The molecule has 5 nitrogen and oxygen atoms in total. The van der Waals surface area contributed by atoms with Crippen LogP contribution in [0.5, 0.6) is 0 Å². The lowest BCUT2D eigenvalue weighted by atomic mass is 9.87. The van der Waals surface area contributed by atoms with Crippen molar-refractivity contribution >= 4 is 23.5 Å². The van der Waals surface area contributed by atoms with E-state index in [1.165, 1.54) is 0 Å². The molecule has 0 spiro atoms. The largest absolute Gasteiger partial charge is 0.481 e. The zero-order chi connectivity index (χ0) is 12.6. The molecule has 0 radical (unpaired) electrons. The highest BCUT2D eigenvalue weighted by molar-refractivity contribution is 6.30. The SMILES string of the molecule is CC(C(=O)O)C1CN(C(=O)c2cc(Cl)c[nH]2)C1. The fraction of sp³-hybridized carbons (Fsp3) is 0.455. The molecular weight excluding hydrogens is 244 g/mol. The second-order valence-electron chi connectivity index (χ2n) is 4.33. The second kappa shape index (κ2) is 4.41. The number of carbonyl (C=O) groups excluding carboxylic acids is 1. The number of aliphatic carboxylic acids is 1. The third kappa shape index (κ3) is 2.29. The number of aromatic amines is 1. The fourth-order valence-electron chi connectivity index (χ4n) is 1.86. The summed E-state index contributed by atoms with van der Waals surface area (Å²) in [6.45, 7) is 2.65. The van der Waals surface area contributed by atoms with Gasteiger partial charge in [0, 0.05) is 25.2 Å². The zero-order valence-corrected chi connectivity index (χ0v) is 10.1. The number of halogens is 1. The molecular formula is C11H13ClN2O3. The van der Waals surface area contributed by atoms with E-state index in [2.05, 4.69) is 4.98 Å². The van der Waals surface area contributed by atoms with Crippen molar-refractivity contribution in [2.75, 3.05) is 13.1 Å². The molecule has 2 heterocycles. The molecule has 6 heteroatoms. The van der Waals surface area contributed by atoms with Gasteiger partial charge in [-0.25, -0.2) is 0 Å². The molecule has 1 amide bonds. The molecule has 0 bridgehead atoms. The van der Waals surface area contributed by atoms with E-state index in [1.54, 1.807) is 24.1 Å². The van der Waals surface area contributed by atoms with Crippen LogP contribution in [-0.4, -0.2) is 40.0 Å². The van der Waals surface area contributed by atoms with Gasteiger partial charge in [0.15, 0.2) is 0 Å². The second-order valence-corrected chi connectivity index (χ2v) is 4.77. The summed E-state index contributed by atoms with van der Waals surface area (Å²) in [7, 11) is 0. The summed E-state index contributed by atoms with van der Waals surface area (Å²) in [5, 5.41) is 9.33. The van der Waals surface area contributed by atoms with Gasteiger partial charge in [-0.1, -0.05) is 18.5 Å². The predicted octanol–water partition coefficient (Wildman–Crippen LogP) is 1.46. The number of rotatable bonds is 3. The number of carbonyl (C=O) groups is 2. The van der Waals surface area contributed by atoms with E-state index in [4.69, 9.17) is 16.7 Å². The minimum atomic E-state index is -0.815. The Morgan fingerprint density at radius 3 is 2.71 bits per heavy atom. The minimum Gasteiger partial charge on any atom is -0.481 e. The summed E-state index contributed by atoms with van der Waals surface area (Å²) >= 11 is 5.71. The van der Waals surface area contributed by atoms with Crippen LogP contribution in [0.1, 0.15) is 17.4 Å². The number of carboxylic acids is 1. The molecule has 17 heavy (non-hydrogen) atoms. The van der Waals surface area contributed by atoms with Crippen LogP contribution in [0, 0.1) is 11.8 Å². The maximum absolute atomic E-state index is 11.9. The summed E-state index contributed by atoms with van der Waals surface area (Å²) in [5.74, 6) is -1.32. The highest BCUT2D eigenvalue weighted by Gasteiger charge is 2.37. The Kier molecular flexibility index (Phi) is 3.11. The maximum atomic E-state index is 11.9. The molecule has 2 N–H and O–H groups in total. The Morgan fingerprint density at radius 1 is 1.59 bits per heavy atom. The third-order valence-electron chi connectivity index (χ3n) is 3.17. The van der Waals surface area contributed by atoms with E-state index in [-0.39, 0.29) is 11.8 Å². The first kappa shape index (κ1) is 12.0. The molecule has 0 aliphatic carbocycles. The number of likely N-dealkylation sites (tertiary alicyclic amines) is 1. The van der Waals surface area contributed by atoms with Crippen LogP contribution >= 0.6 is 11.6 Å². The van der Waals surface area contributed by atoms with Gasteiger partial charge < -0.3 is 15.0 Å². The maximum Gasteiger partial charge on any atom is 0.306 e. The topological polar surface area (TPSA) is 73.4 Å². The van der Waals surface area contributed by atoms with Crippen LogP contribution in [0.4, 0.5) is 0 Å². The Balaban J connectivity index is 1.92. The lowest BCUT2D eigenvalue weighted by Crippen LogP contribution is -2.53. The van der Waals surface area contributed by atoms with Crippen molar-refractivity contribution in [2.24, 2.45) is 11.8 Å². The van der Waals surface area contributed by atoms with Crippen molar-refractivity contribution in [3.8, 4) is 0 Å². The van der Waals surface area contributed by atoms with E-state index in [0.29, 0.717) is 23.8 Å². The van der Waals surface area contributed by atoms with Crippen LogP contribution in [0.15, 0.2) is 12.3 Å². The van der Waals surface area contributed by atoms with Crippen LogP contribution < -0.4 is 0 Å². The third-order valence-corrected chi connectivity index (χ3v) is 3.39. The number of hydrogen-bond acceptors (Lipinski definition) is 2. The van der Waals surface area contributed by atoms with E-state index in [1.807, 2.05) is 0 Å². The van der Waals surface area contributed by atoms with Crippen molar-refractivity contribution in [3.63, 3.8) is 0 Å². The number of carboxylic acid groups (broad SMARTS) is 1. The fourth-order valence-corrected chi connectivity index (χ4v) is 2.02. The number of amides is 1. The van der Waals surface area contributed by atoms with E-state index < -0.39 is 11.9 Å². The number of nitrogens with zero attached hydrogens (tertiary/aromatic N) is 1. The van der Waals surface area contributed by atoms with Gasteiger partial charge in [0.05, 0.1) is 10.9 Å². The predicted molar refractivity (Wildman–Crippen MR) is 62.0 cm³/mol. The molecule has 1 aromatic rings. The lowest BCUT2D eigenvalue weighted by Gasteiger charge is -2.40. The molecule has 1 atom stereocenters. The van der Waals surface area contributed by atoms with Crippen LogP contribution in [0.25, 0.3) is 0 Å². The van der Waals surface area contributed by atoms with Crippen LogP contribution in [0.3, 0.4) is 0 Å². The summed E-state index contributed by atoms with van der Waals surface area (Å²) in [6.07, 6.45) is 1.55. The normalized spacial score (nSPS) is 17.6. The molecule has 0 aromatic carbocycles. The van der Waals surface area contributed by atoms with E-state index in [9.17, 15) is 9.59 Å². The lowest BCUT2D eigenvalue weighted by molar-refractivity contribution is -0.144. The summed E-state index contributed by atoms with van der Waals surface area (Å²) in [4.78, 5) is 27.0. The zero-order valence-electron chi connectivity index (χ0n) is 9.31. The molecule has 92 valence electrons. The Hall–Kier alpha value is -1.49. The monoisotopic (exact) mass is 256 g/mol. The highest BCUT2D eigenvalue weighted by atomic mass is 35.5. The van der Waals surface area contributed by atoms with Gasteiger partial charge in [-0.15, -0.1) is 0 Å². The van der Waals surface area contributed by atoms with E-state index >= 15 is 0 Å². The van der Waals surface area contributed by atoms with Gasteiger partial charge in [0.2, 0.25) is 0 Å². The van der Waals surface area contributed by atoms with E-state index in [0.717, 1.165) is 0 Å². The Labute approximate surface area is 103 Å². The first-order valence-corrected chi connectivity index (χ1v) is 5.73. The first-order chi connectivity index (χ1) is 7.99. The van der Waals surface area contributed by atoms with Gasteiger partial charge in [-0.3, -0.25) is 9.59 Å². The smallest absolute Gasteiger partial charge is 0.306 e. The number of H-pyrrole nitrogens is 1. The summed E-state index contributed by atoms with van der Waals surface area (Å²) in [5.41, 5.74) is 0.441. The van der Waals surface area contributed by atoms with Crippen molar-refractivity contribution < 1.29 is 14.7 Å². The minimum absolute atomic E-state index is 0.0434. The van der Waals surface area contributed by atoms with Gasteiger partial charge in [0.1, 0.15) is 5.69 Å². The molecule has 1 aliphatic heterocycles. The Bertz CT molecular complexity index is 451.